The van der Waals surface area contributed by atoms with Crippen LogP contribution in [-0.4, -0.2) is 36.7 Å². The summed E-state index contributed by atoms with van der Waals surface area (Å²) in [6.07, 6.45) is 7.81. The largest absolute Gasteiger partial charge is 0.480 e. The van der Waals surface area contributed by atoms with Gasteiger partial charge in [-0.2, -0.15) is 0 Å². The lowest BCUT2D eigenvalue weighted by Gasteiger charge is -2.17. The molecule has 0 heterocycles. The first-order valence-electron chi connectivity index (χ1n) is 7.14. The number of nitrogens with one attached hydrogen (secondary N) is 1. The summed E-state index contributed by atoms with van der Waals surface area (Å²) in [5, 5.41) is 11.6. The quantitative estimate of drug-likeness (QED) is 0.694. The van der Waals surface area contributed by atoms with E-state index in [0.29, 0.717) is 25.4 Å². The van der Waals surface area contributed by atoms with E-state index in [1.165, 1.54) is 32.8 Å². The highest BCUT2D eigenvalue weighted by Crippen LogP contribution is 2.25. The van der Waals surface area contributed by atoms with E-state index in [4.69, 9.17) is 9.84 Å². The third kappa shape index (κ3) is 6.57. The second-order valence-corrected chi connectivity index (χ2v) is 5.30. The van der Waals surface area contributed by atoms with Crippen LogP contribution in [0.25, 0.3) is 0 Å². The predicted molar refractivity (Wildman–Crippen MR) is 71.9 cm³/mol. The Morgan fingerprint density at radius 3 is 2.42 bits per heavy atom. The Morgan fingerprint density at radius 2 is 1.89 bits per heavy atom. The van der Waals surface area contributed by atoms with Gasteiger partial charge in [-0.1, -0.05) is 25.7 Å². The molecule has 0 aromatic carbocycles. The van der Waals surface area contributed by atoms with Gasteiger partial charge in [-0.25, -0.2) is 4.79 Å². The van der Waals surface area contributed by atoms with Crippen LogP contribution in [-0.2, 0) is 14.3 Å². The third-order valence-electron chi connectivity index (χ3n) is 3.69. The number of aliphatic carboxylic acids is 1. The van der Waals surface area contributed by atoms with E-state index in [1.54, 1.807) is 0 Å². The van der Waals surface area contributed by atoms with Gasteiger partial charge in [0.2, 0.25) is 5.91 Å². The van der Waals surface area contributed by atoms with Gasteiger partial charge in [0.15, 0.2) is 0 Å². The number of hydrogen-bond acceptors (Lipinski definition) is 3. The first-order valence-corrected chi connectivity index (χ1v) is 7.14. The number of carbonyl (C=O) groups is 2. The second-order valence-electron chi connectivity index (χ2n) is 5.30. The summed E-state index contributed by atoms with van der Waals surface area (Å²) < 4.78 is 4.86. The molecule has 110 valence electrons. The minimum absolute atomic E-state index is 0.143. The Hall–Kier alpha value is -1.10. The van der Waals surface area contributed by atoms with Crippen LogP contribution in [0.2, 0.25) is 0 Å². The number of rotatable bonds is 7. The first-order chi connectivity index (χ1) is 9.13. The fraction of sp³-hybridized carbons (Fsp3) is 0.857. The van der Waals surface area contributed by atoms with Crippen molar-refractivity contribution in [2.75, 3.05) is 13.7 Å². The Kier molecular flexibility index (Phi) is 7.48. The van der Waals surface area contributed by atoms with Crippen LogP contribution in [0.5, 0.6) is 0 Å². The van der Waals surface area contributed by atoms with E-state index >= 15 is 0 Å². The molecule has 0 spiro atoms. The van der Waals surface area contributed by atoms with Crippen molar-refractivity contribution < 1.29 is 19.4 Å². The van der Waals surface area contributed by atoms with Crippen molar-refractivity contribution in [2.45, 2.75) is 57.4 Å². The Morgan fingerprint density at radius 1 is 1.26 bits per heavy atom. The lowest BCUT2D eigenvalue weighted by Crippen LogP contribution is -2.42. The normalized spacial score (nSPS) is 18.6. The second kappa shape index (κ2) is 8.91. The smallest absolute Gasteiger partial charge is 0.326 e. The van der Waals surface area contributed by atoms with Crippen molar-refractivity contribution in [1.29, 1.82) is 0 Å². The number of carbonyl (C=O) groups excluding carboxylic acids is 1. The molecular weight excluding hydrogens is 246 g/mol. The summed E-state index contributed by atoms with van der Waals surface area (Å²) in [6.45, 7) is 0.334. The number of ether oxygens (including phenoxy) is 1. The molecule has 1 fully saturated rings. The van der Waals surface area contributed by atoms with E-state index in [-0.39, 0.29) is 5.91 Å². The van der Waals surface area contributed by atoms with Crippen LogP contribution in [0.1, 0.15) is 51.4 Å². The Labute approximate surface area is 114 Å². The Balaban J connectivity index is 2.36. The topological polar surface area (TPSA) is 75.6 Å². The average molecular weight is 271 g/mol. The van der Waals surface area contributed by atoms with Gasteiger partial charge in [0, 0.05) is 26.6 Å². The van der Waals surface area contributed by atoms with Gasteiger partial charge in [-0.15, -0.1) is 0 Å². The molecule has 5 nitrogen and oxygen atoms in total. The molecular formula is C14H25NO4. The zero-order chi connectivity index (χ0) is 14.1. The van der Waals surface area contributed by atoms with Crippen molar-refractivity contribution in [3.05, 3.63) is 0 Å². The summed E-state index contributed by atoms with van der Waals surface area (Å²) in [7, 11) is 1.52. The van der Waals surface area contributed by atoms with Gasteiger partial charge in [0.1, 0.15) is 6.04 Å². The summed E-state index contributed by atoms with van der Waals surface area (Å²) >= 11 is 0. The molecule has 0 saturated heterocycles. The van der Waals surface area contributed by atoms with Gasteiger partial charge in [0.25, 0.3) is 0 Å². The van der Waals surface area contributed by atoms with Crippen LogP contribution in [0, 0.1) is 5.92 Å². The highest BCUT2D eigenvalue weighted by atomic mass is 16.5. The average Bonchev–Trinajstić information content (AvgIpc) is 2.62. The molecule has 1 aliphatic carbocycles. The summed E-state index contributed by atoms with van der Waals surface area (Å²) in [6, 6.07) is -0.835. The van der Waals surface area contributed by atoms with Gasteiger partial charge in [-0.3, -0.25) is 4.79 Å². The van der Waals surface area contributed by atoms with Gasteiger partial charge in [-0.05, 0) is 18.8 Å². The molecule has 0 aromatic rings. The fourth-order valence-electron chi connectivity index (χ4n) is 2.58. The zero-order valence-corrected chi connectivity index (χ0v) is 11.7. The minimum atomic E-state index is -0.994. The van der Waals surface area contributed by atoms with Crippen molar-refractivity contribution in [3.8, 4) is 0 Å². The lowest BCUT2D eigenvalue weighted by molar-refractivity contribution is -0.142. The standard InChI is InChI=1S/C14H25NO4/c1-19-9-8-12(14(17)18)15-13(16)10-11-6-4-2-3-5-7-11/h11-12H,2-10H2,1H3,(H,15,16)(H,17,18). The van der Waals surface area contributed by atoms with E-state index in [9.17, 15) is 9.59 Å². The number of amides is 1. The van der Waals surface area contributed by atoms with Gasteiger partial charge < -0.3 is 15.2 Å². The molecule has 2 N–H and O–H groups in total. The molecule has 0 bridgehead atoms. The van der Waals surface area contributed by atoms with Crippen LogP contribution in [0.3, 0.4) is 0 Å². The fourth-order valence-corrected chi connectivity index (χ4v) is 2.58. The maximum Gasteiger partial charge on any atom is 0.326 e. The van der Waals surface area contributed by atoms with E-state index in [1.807, 2.05) is 0 Å². The number of carboxylic acids is 1. The van der Waals surface area contributed by atoms with Crippen LogP contribution in [0.15, 0.2) is 0 Å². The zero-order valence-electron chi connectivity index (χ0n) is 11.7. The van der Waals surface area contributed by atoms with Crippen molar-refractivity contribution in [1.82, 2.24) is 5.32 Å². The molecule has 1 atom stereocenters. The highest BCUT2D eigenvalue weighted by molar-refractivity contribution is 5.83. The molecule has 0 aromatic heterocycles. The predicted octanol–water partition coefficient (Wildman–Crippen LogP) is 1.95. The molecule has 1 amide bonds. The van der Waals surface area contributed by atoms with Gasteiger partial charge >= 0.3 is 5.97 Å². The first kappa shape index (κ1) is 16.0. The lowest BCUT2D eigenvalue weighted by atomic mass is 9.96. The van der Waals surface area contributed by atoms with Crippen LogP contribution in [0.4, 0.5) is 0 Å². The summed E-state index contributed by atoms with van der Waals surface area (Å²) in [4.78, 5) is 22.9. The molecule has 1 rings (SSSR count). The van der Waals surface area contributed by atoms with Crippen molar-refractivity contribution >= 4 is 11.9 Å². The Bertz CT molecular complexity index is 285. The molecule has 19 heavy (non-hydrogen) atoms. The van der Waals surface area contributed by atoms with Crippen molar-refractivity contribution in [2.24, 2.45) is 5.92 Å². The number of carboxylic acid groups (broad SMARTS) is 1. The molecule has 1 unspecified atom stereocenters. The van der Waals surface area contributed by atoms with Crippen molar-refractivity contribution in [3.63, 3.8) is 0 Å². The molecule has 1 saturated carbocycles. The SMILES string of the molecule is COCCC(NC(=O)CC1CCCCCC1)C(=O)O. The number of hydrogen-bond donors (Lipinski definition) is 2. The summed E-state index contributed by atoms with van der Waals surface area (Å²) in [5.74, 6) is -0.721. The molecule has 0 radical (unpaired) electrons. The summed E-state index contributed by atoms with van der Waals surface area (Å²) in [5.41, 5.74) is 0. The maximum absolute atomic E-state index is 11.9. The minimum Gasteiger partial charge on any atom is -0.480 e. The van der Waals surface area contributed by atoms with Gasteiger partial charge in [0.05, 0.1) is 0 Å². The molecule has 0 aliphatic heterocycles. The molecule has 1 aliphatic rings. The molecule has 5 heteroatoms. The number of methoxy groups -OCH3 is 1. The van der Waals surface area contributed by atoms with E-state index < -0.39 is 12.0 Å². The van der Waals surface area contributed by atoms with Crippen LogP contribution >= 0.6 is 0 Å². The van der Waals surface area contributed by atoms with E-state index in [0.717, 1.165) is 12.8 Å². The monoisotopic (exact) mass is 271 g/mol. The highest BCUT2D eigenvalue weighted by Gasteiger charge is 2.22. The van der Waals surface area contributed by atoms with Crippen LogP contribution < -0.4 is 5.32 Å². The van der Waals surface area contributed by atoms with E-state index in [2.05, 4.69) is 5.32 Å². The maximum atomic E-state index is 11.9. The third-order valence-corrected chi connectivity index (χ3v) is 3.69.